The Balaban J connectivity index is 1.67. The number of rotatable bonds is 5. The number of hydrogen-bond acceptors (Lipinski definition) is 4. The summed E-state index contributed by atoms with van der Waals surface area (Å²) >= 11 is 0. The molecule has 1 N–H and O–H groups in total. The van der Waals surface area contributed by atoms with Crippen molar-refractivity contribution in [3.05, 3.63) is 42.4 Å². The lowest BCUT2D eigenvalue weighted by Gasteiger charge is -2.30. The summed E-state index contributed by atoms with van der Waals surface area (Å²) in [7, 11) is 4.22. The van der Waals surface area contributed by atoms with Gasteiger partial charge in [-0.15, -0.1) is 0 Å². The van der Waals surface area contributed by atoms with Crippen LogP contribution in [0.2, 0.25) is 0 Å². The van der Waals surface area contributed by atoms with E-state index in [4.69, 9.17) is 4.42 Å². The lowest BCUT2D eigenvalue weighted by atomic mass is 9.96. The average molecular weight is 288 g/mol. The first-order chi connectivity index (χ1) is 10.2. The third-order valence-corrected chi connectivity index (χ3v) is 4.39. The minimum Gasteiger partial charge on any atom is -0.467 e. The minimum absolute atomic E-state index is 0.0275. The zero-order chi connectivity index (χ0) is 14.7. The quantitative estimate of drug-likeness (QED) is 0.914. The topological polar surface area (TPSA) is 46.2 Å². The zero-order valence-electron chi connectivity index (χ0n) is 12.8. The number of nitrogens with zero attached hydrogens (tertiary/aromatic N) is 3. The van der Waals surface area contributed by atoms with Crippen LogP contribution in [0.3, 0.4) is 0 Å². The van der Waals surface area contributed by atoms with E-state index >= 15 is 0 Å². The summed E-state index contributed by atoms with van der Waals surface area (Å²) in [6, 6.07) is 3.98. The van der Waals surface area contributed by atoms with Gasteiger partial charge in [-0.25, -0.2) is 4.98 Å². The Morgan fingerprint density at radius 2 is 2.19 bits per heavy atom. The van der Waals surface area contributed by atoms with Crippen molar-refractivity contribution in [3.8, 4) is 0 Å². The average Bonchev–Trinajstić information content (AvgIpc) is 3.14. The molecule has 0 amide bonds. The first kappa shape index (κ1) is 14.4. The fourth-order valence-electron chi connectivity index (χ4n) is 2.98. The molecule has 0 bridgehead atoms. The van der Waals surface area contributed by atoms with E-state index < -0.39 is 0 Å². The van der Waals surface area contributed by atoms with Crippen LogP contribution in [0.25, 0.3) is 0 Å². The number of aryl methyl sites for hydroxylation is 1. The lowest BCUT2D eigenvalue weighted by molar-refractivity contribution is 0.212. The molecule has 1 saturated heterocycles. The second-order valence-corrected chi connectivity index (χ2v) is 6.00. The molecular weight excluding hydrogens is 264 g/mol. The van der Waals surface area contributed by atoms with Crippen LogP contribution in [0.15, 0.2) is 35.2 Å². The summed E-state index contributed by atoms with van der Waals surface area (Å²) < 4.78 is 7.66. The SMILES string of the molecule is CN1CCC(CNC(c2ccco2)c2nccn2C)CC1. The Hall–Kier alpha value is -1.59. The highest BCUT2D eigenvalue weighted by Gasteiger charge is 2.23. The number of nitrogens with one attached hydrogen (secondary N) is 1. The van der Waals surface area contributed by atoms with E-state index in [1.54, 1.807) is 6.26 Å². The molecule has 0 aliphatic carbocycles. The van der Waals surface area contributed by atoms with E-state index in [-0.39, 0.29) is 6.04 Å². The van der Waals surface area contributed by atoms with E-state index in [1.165, 1.54) is 25.9 Å². The van der Waals surface area contributed by atoms with Gasteiger partial charge in [0.05, 0.1) is 6.26 Å². The molecule has 3 rings (SSSR count). The van der Waals surface area contributed by atoms with Crippen molar-refractivity contribution in [2.75, 3.05) is 26.7 Å². The van der Waals surface area contributed by atoms with Crippen molar-refractivity contribution >= 4 is 0 Å². The molecule has 1 fully saturated rings. The summed E-state index contributed by atoms with van der Waals surface area (Å²) in [5, 5.41) is 3.65. The molecule has 21 heavy (non-hydrogen) atoms. The highest BCUT2D eigenvalue weighted by molar-refractivity contribution is 5.15. The highest BCUT2D eigenvalue weighted by Crippen LogP contribution is 2.22. The van der Waals surface area contributed by atoms with Gasteiger partial charge in [0, 0.05) is 19.4 Å². The molecule has 2 aromatic heterocycles. The first-order valence-corrected chi connectivity index (χ1v) is 7.66. The summed E-state index contributed by atoms with van der Waals surface area (Å²) in [6.07, 6.45) is 8.05. The van der Waals surface area contributed by atoms with Gasteiger partial charge in [-0.05, 0) is 57.6 Å². The van der Waals surface area contributed by atoms with E-state index in [0.717, 1.165) is 24.0 Å². The number of hydrogen-bond donors (Lipinski definition) is 1. The molecule has 114 valence electrons. The second-order valence-electron chi connectivity index (χ2n) is 6.00. The minimum atomic E-state index is 0.0275. The van der Waals surface area contributed by atoms with Gasteiger partial charge >= 0.3 is 0 Å². The summed E-state index contributed by atoms with van der Waals surface area (Å²) in [4.78, 5) is 6.88. The van der Waals surface area contributed by atoms with E-state index in [9.17, 15) is 0 Å². The maximum Gasteiger partial charge on any atom is 0.133 e. The lowest BCUT2D eigenvalue weighted by Crippen LogP contribution is -2.36. The molecule has 1 aliphatic heterocycles. The Morgan fingerprint density at radius 1 is 1.38 bits per heavy atom. The molecule has 3 heterocycles. The molecule has 5 heteroatoms. The van der Waals surface area contributed by atoms with Gasteiger partial charge in [0.2, 0.25) is 0 Å². The summed E-state index contributed by atoms with van der Waals surface area (Å²) in [5.74, 6) is 2.66. The van der Waals surface area contributed by atoms with Crippen LogP contribution in [-0.2, 0) is 7.05 Å². The molecule has 1 atom stereocenters. The third-order valence-electron chi connectivity index (χ3n) is 4.39. The van der Waals surface area contributed by atoms with Crippen molar-refractivity contribution in [1.82, 2.24) is 19.8 Å². The summed E-state index contributed by atoms with van der Waals surface area (Å²) in [5.41, 5.74) is 0. The van der Waals surface area contributed by atoms with Crippen LogP contribution < -0.4 is 5.32 Å². The van der Waals surface area contributed by atoms with Crippen LogP contribution >= 0.6 is 0 Å². The number of piperidine rings is 1. The van der Waals surface area contributed by atoms with Gasteiger partial charge in [0.25, 0.3) is 0 Å². The number of likely N-dealkylation sites (tertiary alicyclic amines) is 1. The van der Waals surface area contributed by atoms with Crippen molar-refractivity contribution in [2.45, 2.75) is 18.9 Å². The van der Waals surface area contributed by atoms with Gasteiger partial charge in [-0.3, -0.25) is 0 Å². The molecule has 0 radical (unpaired) electrons. The fraction of sp³-hybridized carbons (Fsp3) is 0.562. The Morgan fingerprint density at radius 3 is 2.81 bits per heavy atom. The van der Waals surface area contributed by atoms with Crippen LogP contribution in [0.1, 0.15) is 30.5 Å². The Labute approximate surface area is 126 Å². The van der Waals surface area contributed by atoms with Crippen molar-refractivity contribution in [1.29, 1.82) is 0 Å². The molecule has 2 aromatic rings. The van der Waals surface area contributed by atoms with E-state index in [2.05, 4.69) is 26.8 Å². The molecule has 0 aromatic carbocycles. The van der Waals surface area contributed by atoms with Crippen LogP contribution in [0, 0.1) is 5.92 Å². The smallest absolute Gasteiger partial charge is 0.133 e. The Bertz CT molecular complexity index is 540. The molecule has 5 nitrogen and oxygen atoms in total. The van der Waals surface area contributed by atoms with Gasteiger partial charge in [-0.1, -0.05) is 0 Å². The monoisotopic (exact) mass is 288 g/mol. The summed E-state index contributed by atoms with van der Waals surface area (Å²) in [6.45, 7) is 3.40. The molecule has 1 unspecified atom stereocenters. The molecule has 1 aliphatic rings. The highest BCUT2D eigenvalue weighted by atomic mass is 16.3. The van der Waals surface area contributed by atoms with Gasteiger partial charge in [0.15, 0.2) is 0 Å². The normalized spacial score (nSPS) is 19.0. The van der Waals surface area contributed by atoms with Crippen LogP contribution in [0.5, 0.6) is 0 Å². The maximum atomic E-state index is 5.61. The van der Waals surface area contributed by atoms with Gasteiger partial charge < -0.3 is 19.2 Å². The molecule has 0 saturated carbocycles. The van der Waals surface area contributed by atoms with E-state index in [0.29, 0.717) is 0 Å². The number of furan rings is 1. The van der Waals surface area contributed by atoms with E-state index in [1.807, 2.05) is 31.6 Å². The number of imidazole rings is 1. The first-order valence-electron chi connectivity index (χ1n) is 7.66. The fourth-order valence-corrected chi connectivity index (χ4v) is 2.98. The predicted molar refractivity (Wildman–Crippen MR) is 82.0 cm³/mol. The maximum absolute atomic E-state index is 5.61. The largest absolute Gasteiger partial charge is 0.467 e. The van der Waals surface area contributed by atoms with Crippen molar-refractivity contribution in [3.63, 3.8) is 0 Å². The zero-order valence-corrected chi connectivity index (χ0v) is 12.8. The third kappa shape index (κ3) is 3.36. The van der Waals surface area contributed by atoms with Crippen LogP contribution in [-0.4, -0.2) is 41.1 Å². The van der Waals surface area contributed by atoms with Crippen molar-refractivity contribution < 1.29 is 4.42 Å². The Kier molecular flexibility index (Phi) is 4.41. The van der Waals surface area contributed by atoms with Crippen molar-refractivity contribution in [2.24, 2.45) is 13.0 Å². The number of aromatic nitrogens is 2. The van der Waals surface area contributed by atoms with Crippen LogP contribution in [0.4, 0.5) is 0 Å². The molecule has 0 spiro atoms. The van der Waals surface area contributed by atoms with Gasteiger partial charge in [0.1, 0.15) is 17.6 Å². The molecular formula is C16H24N4O. The standard InChI is InChI=1S/C16H24N4O/c1-19-8-5-13(6-9-19)12-18-15(14-4-3-11-21-14)16-17-7-10-20(16)2/h3-4,7,10-11,13,15,18H,5-6,8-9,12H2,1-2H3. The second kappa shape index (κ2) is 6.45. The van der Waals surface area contributed by atoms with Gasteiger partial charge in [-0.2, -0.15) is 0 Å². The predicted octanol–water partition coefficient (Wildman–Crippen LogP) is 2.03.